The van der Waals surface area contributed by atoms with Crippen LogP contribution in [0.5, 0.6) is 0 Å². The van der Waals surface area contributed by atoms with Crippen molar-refractivity contribution in [3.63, 3.8) is 0 Å². The fourth-order valence-electron chi connectivity index (χ4n) is 4.20. The van der Waals surface area contributed by atoms with Gasteiger partial charge in [0.1, 0.15) is 0 Å². The number of nitrogens with two attached hydrogens (primary N) is 2. The largest absolute Gasteiger partial charge is 0.375 e. The second kappa shape index (κ2) is 10.3. The van der Waals surface area contributed by atoms with Gasteiger partial charge in [0, 0.05) is 36.3 Å². The Bertz CT molecular complexity index is 1040. The van der Waals surface area contributed by atoms with Crippen molar-refractivity contribution in [1.82, 2.24) is 14.9 Å². The van der Waals surface area contributed by atoms with Crippen LogP contribution in [0.2, 0.25) is 0 Å². The average Bonchev–Trinajstić information content (AvgIpc) is 2.83. The number of nitrogen functional groups attached to an aromatic ring is 1. The lowest BCUT2D eigenvalue weighted by Crippen LogP contribution is -2.37. The molecule has 4 rings (SSSR count). The summed E-state index contributed by atoms with van der Waals surface area (Å²) in [5, 5.41) is 0. The minimum Gasteiger partial charge on any atom is -0.375 e. The topological polar surface area (TPSA) is 107 Å². The van der Waals surface area contributed by atoms with Crippen LogP contribution in [0.15, 0.2) is 60.8 Å². The Kier molecular flexibility index (Phi) is 7.09. The first-order valence-electron chi connectivity index (χ1n) is 11.0. The maximum atomic E-state index is 11.4. The molecule has 1 aliphatic rings. The number of aromatic nitrogens is 2. The van der Waals surface area contributed by atoms with Crippen molar-refractivity contribution in [2.24, 2.45) is 5.73 Å². The van der Waals surface area contributed by atoms with Gasteiger partial charge in [-0.2, -0.15) is 0 Å². The van der Waals surface area contributed by atoms with E-state index < -0.39 is 5.91 Å². The van der Waals surface area contributed by atoms with Gasteiger partial charge in [0.25, 0.3) is 0 Å². The van der Waals surface area contributed by atoms with Crippen LogP contribution >= 0.6 is 0 Å². The molecule has 1 aromatic heterocycles. The van der Waals surface area contributed by atoms with Crippen molar-refractivity contribution in [3.8, 4) is 11.1 Å². The highest BCUT2D eigenvalue weighted by Crippen LogP contribution is 2.33. The number of ether oxygens (including phenoxy) is 1. The molecule has 1 amide bonds. The van der Waals surface area contributed by atoms with Crippen molar-refractivity contribution in [2.75, 3.05) is 32.0 Å². The molecule has 2 aromatic carbocycles. The molecule has 4 N–H and O–H groups in total. The second-order valence-electron chi connectivity index (χ2n) is 8.15. The predicted molar refractivity (Wildman–Crippen MR) is 125 cm³/mol. The third kappa shape index (κ3) is 5.49. The minimum atomic E-state index is -0.442. The van der Waals surface area contributed by atoms with E-state index in [0.29, 0.717) is 18.8 Å². The molecule has 0 radical (unpaired) electrons. The predicted octanol–water partition coefficient (Wildman–Crippen LogP) is 3.22. The van der Waals surface area contributed by atoms with E-state index in [-0.39, 0.29) is 11.9 Å². The van der Waals surface area contributed by atoms with Crippen LogP contribution in [-0.2, 0) is 11.3 Å². The number of anilines is 1. The van der Waals surface area contributed by atoms with Crippen molar-refractivity contribution in [2.45, 2.75) is 25.4 Å². The molecule has 1 fully saturated rings. The van der Waals surface area contributed by atoms with E-state index in [2.05, 4.69) is 27.0 Å². The van der Waals surface area contributed by atoms with Crippen LogP contribution in [-0.4, -0.2) is 47.0 Å². The molecule has 0 saturated carbocycles. The Morgan fingerprint density at radius 2 is 1.91 bits per heavy atom. The zero-order chi connectivity index (χ0) is 22.3. The molecule has 166 valence electrons. The first-order valence-corrected chi connectivity index (χ1v) is 11.0. The van der Waals surface area contributed by atoms with Crippen molar-refractivity contribution < 1.29 is 9.53 Å². The highest BCUT2D eigenvalue weighted by atomic mass is 16.5. The van der Waals surface area contributed by atoms with Gasteiger partial charge in [-0.15, -0.1) is 0 Å². The summed E-state index contributed by atoms with van der Waals surface area (Å²) in [6, 6.07) is 17.5. The third-order valence-electron chi connectivity index (χ3n) is 5.87. The van der Waals surface area contributed by atoms with Gasteiger partial charge >= 0.3 is 0 Å². The zero-order valence-corrected chi connectivity index (χ0v) is 18.1. The van der Waals surface area contributed by atoms with Crippen LogP contribution in [0.25, 0.3) is 11.1 Å². The fourth-order valence-corrected chi connectivity index (χ4v) is 4.20. The molecule has 7 heteroatoms. The van der Waals surface area contributed by atoms with Gasteiger partial charge in [-0.3, -0.25) is 4.79 Å². The normalized spacial score (nSPS) is 16.7. The van der Waals surface area contributed by atoms with E-state index >= 15 is 0 Å². The number of nitrogens with zero attached hydrogens (tertiary/aromatic N) is 3. The summed E-state index contributed by atoms with van der Waals surface area (Å²) in [5.74, 6) is 0.0950. The van der Waals surface area contributed by atoms with Crippen LogP contribution < -0.4 is 11.5 Å². The second-order valence-corrected chi connectivity index (χ2v) is 8.15. The van der Waals surface area contributed by atoms with Gasteiger partial charge in [-0.05, 0) is 42.6 Å². The number of benzene rings is 2. The lowest BCUT2D eigenvalue weighted by atomic mass is 9.89. The van der Waals surface area contributed by atoms with Crippen molar-refractivity contribution in [1.29, 1.82) is 0 Å². The van der Waals surface area contributed by atoms with Gasteiger partial charge in [-0.1, -0.05) is 42.5 Å². The van der Waals surface area contributed by atoms with E-state index in [1.165, 1.54) is 5.56 Å². The Morgan fingerprint density at radius 1 is 1.12 bits per heavy atom. The summed E-state index contributed by atoms with van der Waals surface area (Å²) in [7, 11) is 0. The quantitative estimate of drug-likeness (QED) is 0.530. The SMILES string of the molecule is NC(=O)c1ccc(-c2cnc(N)nc2[C@@H]2CCCN(CCOCc3ccccc3)C2)cc1. The van der Waals surface area contributed by atoms with Gasteiger partial charge in [0.05, 0.1) is 18.9 Å². The molecule has 32 heavy (non-hydrogen) atoms. The summed E-state index contributed by atoms with van der Waals surface area (Å²) in [4.78, 5) is 22.7. The summed E-state index contributed by atoms with van der Waals surface area (Å²) in [6.45, 7) is 4.15. The molecule has 1 aliphatic heterocycles. The summed E-state index contributed by atoms with van der Waals surface area (Å²) >= 11 is 0. The number of carbonyl (C=O) groups is 1. The molecule has 1 atom stereocenters. The molecular weight excluding hydrogens is 402 g/mol. The highest BCUT2D eigenvalue weighted by Gasteiger charge is 2.25. The molecule has 0 unspecified atom stereocenters. The third-order valence-corrected chi connectivity index (χ3v) is 5.87. The van der Waals surface area contributed by atoms with Crippen molar-refractivity contribution >= 4 is 11.9 Å². The van der Waals surface area contributed by atoms with E-state index in [0.717, 1.165) is 49.3 Å². The minimum absolute atomic E-state index is 0.258. The van der Waals surface area contributed by atoms with Gasteiger partial charge < -0.3 is 21.1 Å². The Morgan fingerprint density at radius 3 is 2.66 bits per heavy atom. The fraction of sp³-hybridized carbons (Fsp3) is 0.320. The molecule has 3 aromatic rings. The van der Waals surface area contributed by atoms with Crippen LogP contribution in [0.3, 0.4) is 0 Å². The summed E-state index contributed by atoms with van der Waals surface area (Å²) < 4.78 is 5.88. The molecular formula is C25H29N5O2. The van der Waals surface area contributed by atoms with E-state index in [1.54, 1.807) is 18.3 Å². The van der Waals surface area contributed by atoms with E-state index in [9.17, 15) is 4.79 Å². The number of carbonyl (C=O) groups excluding carboxylic acids is 1. The molecule has 0 bridgehead atoms. The summed E-state index contributed by atoms with van der Waals surface area (Å²) in [6.07, 6.45) is 3.91. The number of hydrogen-bond acceptors (Lipinski definition) is 6. The Hall–Kier alpha value is -3.29. The number of hydrogen-bond donors (Lipinski definition) is 2. The first kappa shape index (κ1) is 21.9. The smallest absolute Gasteiger partial charge is 0.248 e. The number of rotatable bonds is 8. The molecule has 0 aliphatic carbocycles. The first-order chi connectivity index (χ1) is 15.6. The average molecular weight is 432 g/mol. The monoisotopic (exact) mass is 431 g/mol. The maximum absolute atomic E-state index is 11.4. The maximum Gasteiger partial charge on any atom is 0.248 e. The van der Waals surface area contributed by atoms with E-state index in [1.807, 2.05) is 30.3 Å². The van der Waals surface area contributed by atoms with Crippen LogP contribution in [0, 0.1) is 0 Å². The Balaban J connectivity index is 1.42. The summed E-state index contributed by atoms with van der Waals surface area (Å²) in [5.41, 5.74) is 15.8. The molecule has 2 heterocycles. The molecule has 7 nitrogen and oxygen atoms in total. The van der Waals surface area contributed by atoms with Crippen molar-refractivity contribution in [3.05, 3.63) is 77.6 Å². The lowest BCUT2D eigenvalue weighted by Gasteiger charge is -2.33. The van der Waals surface area contributed by atoms with Gasteiger partial charge in [-0.25, -0.2) is 9.97 Å². The number of likely N-dealkylation sites (tertiary alicyclic amines) is 1. The van der Waals surface area contributed by atoms with Crippen LogP contribution in [0.4, 0.5) is 5.95 Å². The zero-order valence-electron chi connectivity index (χ0n) is 18.1. The Labute approximate surface area is 188 Å². The van der Waals surface area contributed by atoms with Gasteiger partial charge in [0.2, 0.25) is 11.9 Å². The van der Waals surface area contributed by atoms with Crippen LogP contribution in [0.1, 0.15) is 40.4 Å². The molecule has 1 saturated heterocycles. The number of amides is 1. The standard InChI is InChI=1S/C25H29N5O2/c26-24(31)20-10-8-19(9-11-20)22-15-28-25(27)29-23(22)21-7-4-12-30(16-21)13-14-32-17-18-5-2-1-3-6-18/h1-3,5-6,8-11,15,21H,4,7,12-14,16-17H2,(H2,26,31)(H2,27,28,29)/t21-/m1/s1. The highest BCUT2D eigenvalue weighted by molar-refractivity contribution is 5.93. The molecule has 0 spiro atoms. The number of piperidine rings is 1. The van der Waals surface area contributed by atoms with E-state index in [4.69, 9.17) is 16.2 Å². The lowest BCUT2D eigenvalue weighted by molar-refractivity contribution is 0.0827. The van der Waals surface area contributed by atoms with Gasteiger partial charge in [0.15, 0.2) is 0 Å². The number of primary amides is 1.